The molecule has 10 heteroatoms. The summed E-state index contributed by atoms with van der Waals surface area (Å²) in [5.74, 6) is -0.592. The molecule has 1 heterocycles. The van der Waals surface area contributed by atoms with Gasteiger partial charge in [0.2, 0.25) is 0 Å². The predicted octanol–water partition coefficient (Wildman–Crippen LogP) is 4.08. The number of nitrogens with zero attached hydrogens (tertiary/aromatic N) is 1. The van der Waals surface area contributed by atoms with Crippen molar-refractivity contribution in [2.24, 2.45) is 0 Å². The Kier molecular flexibility index (Phi) is 12.6. The Morgan fingerprint density at radius 1 is 0.927 bits per heavy atom. The molecule has 1 aliphatic rings. The molecule has 226 valence electrons. The van der Waals surface area contributed by atoms with Gasteiger partial charge in [0, 0.05) is 7.11 Å². The molecule has 1 N–H and O–H groups in total. The SMILES string of the molecule is CCOC(=O)C[C@@H](O)[C@@H]1[C@@H](OCc2ccccc2)[C@H](OCc2ccccc2)[C@@H](OCOC)CN1C(=O)OC(C)(C)C. The smallest absolute Gasteiger partial charge is 0.410 e. The lowest BCUT2D eigenvalue weighted by Crippen LogP contribution is -2.68. The Morgan fingerprint density at radius 3 is 2.00 bits per heavy atom. The maximum Gasteiger partial charge on any atom is 0.410 e. The van der Waals surface area contributed by atoms with E-state index in [2.05, 4.69) is 0 Å². The van der Waals surface area contributed by atoms with Gasteiger partial charge in [-0.05, 0) is 38.8 Å². The number of likely N-dealkylation sites (tertiary alicyclic amines) is 1. The molecule has 2 aromatic carbocycles. The molecular weight excluding hydrogens is 530 g/mol. The number of esters is 1. The second kappa shape index (κ2) is 15.8. The van der Waals surface area contributed by atoms with Crippen molar-refractivity contribution >= 4 is 12.1 Å². The molecule has 1 fully saturated rings. The summed E-state index contributed by atoms with van der Waals surface area (Å²) in [7, 11) is 1.50. The Balaban J connectivity index is 2.02. The zero-order valence-electron chi connectivity index (χ0n) is 24.6. The number of piperidine rings is 1. The molecule has 0 unspecified atom stereocenters. The van der Waals surface area contributed by atoms with Crippen LogP contribution in [0.2, 0.25) is 0 Å². The van der Waals surface area contributed by atoms with Gasteiger partial charge in [-0.1, -0.05) is 60.7 Å². The van der Waals surface area contributed by atoms with Crippen molar-refractivity contribution in [2.75, 3.05) is 27.1 Å². The standard InChI is InChI=1S/C31H43NO9/c1-6-37-26(34)17-24(33)27-29(39-20-23-15-11-8-12-16-23)28(38-19-22-13-9-7-10-14-22)25(40-21-36-5)18-32(27)30(35)41-31(2,3)4/h7-16,24-25,27-29,33H,6,17-21H2,1-5H3/t24-,25+,27-,28-,29-/m1/s1. The fourth-order valence-electron chi connectivity index (χ4n) is 4.69. The first-order valence-corrected chi connectivity index (χ1v) is 13.9. The number of aliphatic hydroxyl groups excluding tert-OH is 1. The van der Waals surface area contributed by atoms with Crippen LogP contribution in [0.1, 0.15) is 45.2 Å². The predicted molar refractivity (Wildman–Crippen MR) is 151 cm³/mol. The van der Waals surface area contributed by atoms with Crippen LogP contribution in [-0.4, -0.2) is 85.2 Å². The van der Waals surface area contributed by atoms with E-state index in [0.717, 1.165) is 11.1 Å². The van der Waals surface area contributed by atoms with Crippen LogP contribution < -0.4 is 0 Å². The highest BCUT2D eigenvalue weighted by atomic mass is 16.7. The highest BCUT2D eigenvalue weighted by Gasteiger charge is 2.51. The molecule has 10 nitrogen and oxygen atoms in total. The Morgan fingerprint density at radius 2 is 1.49 bits per heavy atom. The highest BCUT2D eigenvalue weighted by Crippen LogP contribution is 2.32. The minimum atomic E-state index is -1.34. The third kappa shape index (κ3) is 10.1. The zero-order valence-corrected chi connectivity index (χ0v) is 24.6. The molecule has 0 aliphatic carbocycles. The number of hydrogen-bond donors (Lipinski definition) is 1. The fraction of sp³-hybridized carbons (Fsp3) is 0.548. The van der Waals surface area contributed by atoms with E-state index in [1.54, 1.807) is 27.7 Å². The monoisotopic (exact) mass is 573 g/mol. The summed E-state index contributed by atoms with van der Waals surface area (Å²) in [6.45, 7) is 7.47. The molecule has 0 radical (unpaired) electrons. The van der Waals surface area contributed by atoms with Gasteiger partial charge >= 0.3 is 12.1 Å². The molecule has 0 bridgehead atoms. The maximum absolute atomic E-state index is 13.6. The summed E-state index contributed by atoms with van der Waals surface area (Å²) >= 11 is 0. The lowest BCUT2D eigenvalue weighted by molar-refractivity contribution is -0.224. The van der Waals surface area contributed by atoms with Gasteiger partial charge < -0.3 is 33.5 Å². The third-order valence-electron chi connectivity index (χ3n) is 6.44. The number of rotatable bonds is 13. The van der Waals surface area contributed by atoms with Gasteiger partial charge in [0.05, 0.1) is 44.9 Å². The van der Waals surface area contributed by atoms with E-state index in [9.17, 15) is 14.7 Å². The van der Waals surface area contributed by atoms with Crippen molar-refractivity contribution in [2.45, 2.75) is 83.4 Å². The first kappa shape index (κ1) is 32.5. The van der Waals surface area contributed by atoms with Crippen LogP contribution in [-0.2, 0) is 46.4 Å². The maximum atomic E-state index is 13.6. The Bertz CT molecular complexity index is 1060. The van der Waals surface area contributed by atoms with Gasteiger partial charge in [0.1, 0.15) is 30.7 Å². The highest BCUT2D eigenvalue weighted by molar-refractivity contribution is 5.71. The van der Waals surface area contributed by atoms with Crippen LogP contribution in [0, 0.1) is 0 Å². The molecule has 2 aromatic rings. The van der Waals surface area contributed by atoms with Crippen molar-refractivity contribution in [3.8, 4) is 0 Å². The molecule has 1 aliphatic heterocycles. The molecule has 41 heavy (non-hydrogen) atoms. The molecule has 5 atom stereocenters. The number of benzene rings is 2. The summed E-state index contributed by atoms with van der Waals surface area (Å²) in [6, 6.07) is 18.1. The minimum Gasteiger partial charge on any atom is -0.466 e. The van der Waals surface area contributed by atoms with Crippen LogP contribution in [0.3, 0.4) is 0 Å². The van der Waals surface area contributed by atoms with Gasteiger partial charge in [-0.2, -0.15) is 0 Å². The molecule has 0 spiro atoms. The van der Waals surface area contributed by atoms with E-state index in [0.29, 0.717) is 0 Å². The summed E-state index contributed by atoms with van der Waals surface area (Å²) in [5, 5.41) is 11.5. The van der Waals surface area contributed by atoms with Gasteiger partial charge in [-0.3, -0.25) is 9.69 Å². The van der Waals surface area contributed by atoms with E-state index in [1.165, 1.54) is 12.0 Å². The van der Waals surface area contributed by atoms with E-state index in [4.69, 9.17) is 28.4 Å². The van der Waals surface area contributed by atoms with Gasteiger partial charge in [0.25, 0.3) is 0 Å². The topological polar surface area (TPSA) is 113 Å². The Labute approximate surface area is 242 Å². The normalized spacial score (nSPS) is 21.8. The molecule has 3 rings (SSSR count). The number of aliphatic hydroxyl groups is 1. The average molecular weight is 574 g/mol. The van der Waals surface area contributed by atoms with E-state index < -0.39 is 48.1 Å². The molecular formula is C31H43NO9. The van der Waals surface area contributed by atoms with Crippen LogP contribution in [0.5, 0.6) is 0 Å². The second-order valence-corrected chi connectivity index (χ2v) is 10.8. The number of ether oxygens (including phenoxy) is 6. The summed E-state index contributed by atoms with van der Waals surface area (Å²) in [4.78, 5) is 27.4. The number of carbonyl (C=O) groups excluding carboxylic acids is 2. The molecule has 1 amide bonds. The van der Waals surface area contributed by atoms with Crippen molar-refractivity contribution in [3.63, 3.8) is 0 Å². The van der Waals surface area contributed by atoms with E-state index in [-0.39, 0.29) is 39.6 Å². The van der Waals surface area contributed by atoms with E-state index >= 15 is 0 Å². The number of amides is 1. The number of methoxy groups -OCH3 is 1. The number of hydrogen-bond acceptors (Lipinski definition) is 9. The summed E-state index contributed by atoms with van der Waals surface area (Å²) in [6.07, 6.45) is -4.71. The van der Waals surface area contributed by atoms with Crippen molar-refractivity contribution in [1.29, 1.82) is 0 Å². The lowest BCUT2D eigenvalue weighted by Gasteiger charge is -2.49. The van der Waals surface area contributed by atoms with Crippen molar-refractivity contribution < 1.29 is 43.1 Å². The number of carbonyl (C=O) groups is 2. The quantitative estimate of drug-likeness (QED) is 0.280. The fourth-order valence-corrected chi connectivity index (χ4v) is 4.69. The van der Waals surface area contributed by atoms with Crippen molar-refractivity contribution in [3.05, 3.63) is 71.8 Å². The molecule has 0 saturated carbocycles. The summed E-state index contributed by atoms with van der Waals surface area (Å²) in [5.41, 5.74) is 1.01. The Hall–Kier alpha value is -3.02. The lowest BCUT2D eigenvalue weighted by atomic mass is 9.88. The van der Waals surface area contributed by atoms with Crippen LogP contribution >= 0.6 is 0 Å². The van der Waals surface area contributed by atoms with Gasteiger partial charge in [-0.25, -0.2) is 4.79 Å². The first-order valence-electron chi connectivity index (χ1n) is 13.9. The molecule has 1 saturated heterocycles. The van der Waals surface area contributed by atoms with Crippen LogP contribution in [0.4, 0.5) is 4.79 Å². The second-order valence-electron chi connectivity index (χ2n) is 10.8. The average Bonchev–Trinajstić information content (AvgIpc) is 2.93. The minimum absolute atomic E-state index is 0.00742. The van der Waals surface area contributed by atoms with Crippen molar-refractivity contribution in [1.82, 2.24) is 4.90 Å². The zero-order chi connectivity index (χ0) is 29.8. The van der Waals surface area contributed by atoms with Gasteiger partial charge in [-0.15, -0.1) is 0 Å². The van der Waals surface area contributed by atoms with Gasteiger partial charge in [0.15, 0.2) is 0 Å². The third-order valence-corrected chi connectivity index (χ3v) is 6.44. The first-order chi connectivity index (χ1) is 19.6. The van der Waals surface area contributed by atoms with Crippen LogP contribution in [0.25, 0.3) is 0 Å². The molecule has 0 aromatic heterocycles. The van der Waals surface area contributed by atoms with E-state index in [1.807, 2.05) is 60.7 Å². The summed E-state index contributed by atoms with van der Waals surface area (Å²) < 4.78 is 34.9. The van der Waals surface area contributed by atoms with Crippen LogP contribution in [0.15, 0.2) is 60.7 Å². The largest absolute Gasteiger partial charge is 0.466 e.